The van der Waals surface area contributed by atoms with Crippen molar-refractivity contribution < 1.29 is 13.2 Å². The number of nitrogens with one attached hydrogen (secondary N) is 3. The number of nitrogen functional groups attached to an aromatic ring is 1. The fourth-order valence-electron chi connectivity index (χ4n) is 2.15. The van der Waals surface area contributed by atoms with Crippen LogP contribution in [0.4, 0.5) is 42.0 Å². The van der Waals surface area contributed by atoms with Crippen molar-refractivity contribution in [3.63, 3.8) is 0 Å². The van der Waals surface area contributed by atoms with Crippen molar-refractivity contribution >= 4 is 28.8 Å². The van der Waals surface area contributed by atoms with Crippen molar-refractivity contribution in [2.24, 2.45) is 0 Å². The van der Waals surface area contributed by atoms with Crippen molar-refractivity contribution in [2.75, 3.05) is 16.4 Å². The smallest absolute Gasteiger partial charge is 0.398 e. The Morgan fingerprint density at radius 3 is 2.36 bits per heavy atom. The first-order chi connectivity index (χ1) is 11.8. The molecule has 3 rings (SSSR count). The Bertz CT molecular complexity index is 889. The van der Waals surface area contributed by atoms with Gasteiger partial charge in [0.25, 0.3) is 0 Å². The third kappa shape index (κ3) is 3.97. The number of hydrogen-bond acceptors (Lipinski definition) is 6. The number of nitrogens with two attached hydrogens (primary N) is 1. The van der Waals surface area contributed by atoms with E-state index in [1.54, 1.807) is 6.07 Å². The van der Waals surface area contributed by atoms with E-state index in [1.807, 2.05) is 6.92 Å². The molecule has 130 valence electrons. The lowest BCUT2D eigenvalue weighted by molar-refractivity contribution is -0.136. The van der Waals surface area contributed by atoms with Crippen LogP contribution in [0.3, 0.4) is 0 Å². The fraction of sp³-hybridized carbons (Fsp3) is 0.133. The molecule has 0 unspecified atom stereocenters. The molecule has 0 atom stereocenters. The summed E-state index contributed by atoms with van der Waals surface area (Å²) in [6.45, 7) is 1.86. The number of aromatic amines is 1. The van der Waals surface area contributed by atoms with Gasteiger partial charge in [-0.3, -0.25) is 10.1 Å². The van der Waals surface area contributed by atoms with E-state index in [1.165, 1.54) is 24.5 Å². The maximum Gasteiger partial charge on any atom is 0.418 e. The average Bonchev–Trinajstić information content (AvgIpc) is 2.91. The van der Waals surface area contributed by atoms with E-state index in [2.05, 4.69) is 30.8 Å². The molecule has 0 amide bonds. The monoisotopic (exact) mass is 349 g/mol. The summed E-state index contributed by atoms with van der Waals surface area (Å²) in [5.41, 5.74) is 5.47. The molecule has 0 saturated carbocycles. The number of anilines is 5. The molecule has 0 aliphatic heterocycles. The first-order valence-corrected chi connectivity index (χ1v) is 7.16. The number of aryl methyl sites for hydroxylation is 1. The highest BCUT2D eigenvalue weighted by Gasteiger charge is 2.32. The molecule has 10 heteroatoms. The Hall–Kier alpha value is -3.30. The van der Waals surface area contributed by atoms with Crippen LogP contribution in [0, 0.1) is 6.92 Å². The highest BCUT2D eigenvalue weighted by atomic mass is 19.4. The zero-order valence-electron chi connectivity index (χ0n) is 13.0. The highest BCUT2D eigenvalue weighted by molar-refractivity contribution is 5.65. The number of alkyl halides is 3. The van der Waals surface area contributed by atoms with Gasteiger partial charge in [0.15, 0.2) is 17.5 Å². The second kappa shape index (κ2) is 6.30. The van der Waals surface area contributed by atoms with Gasteiger partial charge in [-0.2, -0.15) is 18.3 Å². The van der Waals surface area contributed by atoms with Crippen molar-refractivity contribution in [2.45, 2.75) is 13.1 Å². The van der Waals surface area contributed by atoms with Crippen LogP contribution in [0.15, 0.2) is 36.7 Å². The molecule has 0 radical (unpaired) electrons. The van der Waals surface area contributed by atoms with Gasteiger partial charge in [-0.25, -0.2) is 4.98 Å². The van der Waals surface area contributed by atoms with Crippen LogP contribution in [0.5, 0.6) is 0 Å². The summed E-state index contributed by atoms with van der Waals surface area (Å²) in [6, 6.07) is 5.18. The van der Waals surface area contributed by atoms with E-state index < -0.39 is 11.7 Å². The normalized spacial score (nSPS) is 11.4. The number of H-pyrrole nitrogens is 1. The van der Waals surface area contributed by atoms with Gasteiger partial charge < -0.3 is 16.4 Å². The summed E-state index contributed by atoms with van der Waals surface area (Å²) in [7, 11) is 0. The van der Waals surface area contributed by atoms with Gasteiger partial charge in [0.05, 0.1) is 18.0 Å². The van der Waals surface area contributed by atoms with Crippen LogP contribution < -0.4 is 16.4 Å². The SMILES string of the molecule is Cc1cc(Nc2cncc(Nc3ccc(C(F)(F)F)c(N)c3)n2)n[nH]1. The summed E-state index contributed by atoms with van der Waals surface area (Å²) in [5.74, 6) is 1.34. The van der Waals surface area contributed by atoms with Crippen LogP contribution in [0.2, 0.25) is 0 Å². The Morgan fingerprint density at radius 2 is 1.76 bits per heavy atom. The molecular formula is C15H14F3N7. The predicted octanol–water partition coefficient (Wildman–Crippen LogP) is 3.60. The Labute approximate surface area is 140 Å². The van der Waals surface area contributed by atoms with Crippen molar-refractivity contribution in [3.05, 3.63) is 47.9 Å². The first-order valence-electron chi connectivity index (χ1n) is 7.16. The van der Waals surface area contributed by atoms with Crippen molar-refractivity contribution in [1.29, 1.82) is 0 Å². The highest BCUT2D eigenvalue weighted by Crippen LogP contribution is 2.35. The largest absolute Gasteiger partial charge is 0.418 e. The number of halogens is 3. The van der Waals surface area contributed by atoms with Gasteiger partial charge in [-0.1, -0.05) is 0 Å². The summed E-state index contributed by atoms with van der Waals surface area (Å²) in [6.07, 6.45) is -1.56. The maximum absolute atomic E-state index is 12.7. The topological polar surface area (TPSA) is 105 Å². The Kier molecular flexibility index (Phi) is 4.17. The van der Waals surface area contributed by atoms with Crippen LogP contribution in [0.1, 0.15) is 11.3 Å². The number of benzene rings is 1. The van der Waals surface area contributed by atoms with E-state index in [4.69, 9.17) is 5.73 Å². The molecule has 5 N–H and O–H groups in total. The lowest BCUT2D eigenvalue weighted by Crippen LogP contribution is -2.09. The Balaban J connectivity index is 1.77. The van der Waals surface area contributed by atoms with Gasteiger partial charge in [0, 0.05) is 23.1 Å². The van der Waals surface area contributed by atoms with Gasteiger partial charge in [-0.15, -0.1) is 0 Å². The minimum absolute atomic E-state index is 0.344. The van der Waals surface area contributed by atoms with Crippen molar-refractivity contribution in [1.82, 2.24) is 20.2 Å². The zero-order valence-corrected chi connectivity index (χ0v) is 13.0. The number of rotatable bonds is 4. The molecule has 1 aromatic carbocycles. The average molecular weight is 349 g/mol. The molecular weight excluding hydrogens is 335 g/mol. The third-order valence-corrected chi connectivity index (χ3v) is 3.23. The zero-order chi connectivity index (χ0) is 18.0. The van der Waals surface area contributed by atoms with Crippen LogP contribution in [-0.4, -0.2) is 20.2 Å². The predicted molar refractivity (Wildman–Crippen MR) is 87.8 cm³/mol. The quantitative estimate of drug-likeness (QED) is 0.537. The molecule has 0 fully saturated rings. The minimum atomic E-state index is -4.49. The Morgan fingerprint density at radius 1 is 1.04 bits per heavy atom. The molecule has 0 aliphatic rings. The molecule has 0 saturated heterocycles. The molecule has 2 heterocycles. The lowest BCUT2D eigenvalue weighted by Gasteiger charge is -2.12. The molecule has 0 aliphatic carbocycles. The van der Waals surface area contributed by atoms with Gasteiger partial charge in [0.1, 0.15) is 0 Å². The number of nitrogens with zero attached hydrogens (tertiary/aromatic N) is 3. The standard InChI is InChI=1S/C15H14F3N7/c1-8-4-12(25-24-8)22-14-7-20-6-13(23-14)21-9-2-3-10(11(19)5-9)15(16,17)18/h2-7H,19H2,1H3,(H3,21,22,23,24,25). The second-order valence-electron chi connectivity index (χ2n) is 5.28. The lowest BCUT2D eigenvalue weighted by atomic mass is 10.1. The molecule has 25 heavy (non-hydrogen) atoms. The van der Waals surface area contributed by atoms with Crippen LogP contribution >= 0.6 is 0 Å². The number of hydrogen-bond donors (Lipinski definition) is 4. The van der Waals surface area contributed by atoms with Crippen LogP contribution in [-0.2, 0) is 6.18 Å². The summed E-state index contributed by atoms with van der Waals surface area (Å²) < 4.78 is 38.2. The van der Waals surface area contributed by atoms with E-state index in [9.17, 15) is 13.2 Å². The third-order valence-electron chi connectivity index (χ3n) is 3.23. The molecule has 0 bridgehead atoms. The number of aromatic nitrogens is 4. The van der Waals surface area contributed by atoms with Gasteiger partial charge >= 0.3 is 6.18 Å². The van der Waals surface area contributed by atoms with Gasteiger partial charge in [-0.05, 0) is 25.1 Å². The maximum atomic E-state index is 12.7. The second-order valence-corrected chi connectivity index (χ2v) is 5.28. The summed E-state index contributed by atoms with van der Waals surface area (Å²) in [5, 5.41) is 12.6. The van der Waals surface area contributed by atoms with Gasteiger partial charge in [0.2, 0.25) is 0 Å². The molecule has 0 spiro atoms. The van der Waals surface area contributed by atoms with E-state index in [-0.39, 0.29) is 5.69 Å². The first kappa shape index (κ1) is 16.6. The van der Waals surface area contributed by atoms with E-state index >= 15 is 0 Å². The minimum Gasteiger partial charge on any atom is -0.398 e. The van der Waals surface area contributed by atoms with E-state index in [0.29, 0.717) is 23.1 Å². The van der Waals surface area contributed by atoms with Crippen LogP contribution in [0.25, 0.3) is 0 Å². The molecule has 7 nitrogen and oxygen atoms in total. The molecule has 3 aromatic rings. The molecule has 2 aromatic heterocycles. The fourth-order valence-corrected chi connectivity index (χ4v) is 2.15. The summed E-state index contributed by atoms with van der Waals surface area (Å²) in [4.78, 5) is 8.30. The summed E-state index contributed by atoms with van der Waals surface area (Å²) >= 11 is 0. The van der Waals surface area contributed by atoms with E-state index in [0.717, 1.165) is 11.8 Å². The van der Waals surface area contributed by atoms with Crippen molar-refractivity contribution in [3.8, 4) is 0 Å².